The van der Waals surface area contributed by atoms with Crippen LogP contribution in [0.3, 0.4) is 0 Å². The van der Waals surface area contributed by atoms with Gasteiger partial charge in [-0.1, -0.05) is 0 Å². The van der Waals surface area contributed by atoms with Crippen molar-refractivity contribution in [2.45, 2.75) is 25.9 Å². The van der Waals surface area contributed by atoms with Gasteiger partial charge in [0.15, 0.2) is 0 Å². The summed E-state index contributed by atoms with van der Waals surface area (Å²) in [5.41, 5.74) is -0.997. The summed E-state index contributed by atoms with van der Waals surface area (Å²) in [6, 6.07) is 5.38. The van der Waals surface area contributed by atoms with Crippen molar-refractivity contribution in [2.75, 3.05) is 62.2 Å². The van der Waals surface area contributed by atoms with Crippen LogP contribution in [0.25, 0.3) is 21.8 Å². The number of rotatable bonds is 9. The smallest absolute Gasteiger partial charge is 0.341 e. The summed E-state index contributed by atoms with van der Waals surface area (Å²) in [7, 11) is 0. The first-order valence-electron chi connectivity index (χ1n) is 15.3. The summed E-state index contributed by atoms with van der Waals surface area (Å²) in [4.78, 5) is 53.5. The number of nitrogens with one attached hydrogen (secondary N) is 2. The molecule has 2 aromatic carbocycles. The normalized spacial score (nSPS) is 15.5. The summed E-state index contributed by atoms with van der Waals surface area (Å²) in [5.74, 6) is -4.03. The third kappa shape index (κ3) is 5.93. The van der Waals surface area contributed by atoms with E-state index in [0.29, 0.717) is 87.6 Å². The molecule has 0 unspecified atom stereocenters. The van der Waals surface area contributed by atoms with E-state index in [1.807, 2.05) is 9.80 Å². The van der Waals surface area contributed by atoms with Gasteiger partial charge >= 0.3 is 11.9 Å². The Balaban J connectivity index is 1.32. The van der Waals surface area contributed by atoms with Gasteiger partial charge in [-0.2, -0.15) is 0 Å². The van der Waals surface area contributed by atoms with Gasteiger partial charge in [0.2, 0.25) is 10.9 Å². The highest BCUT2D eigenvalue weighted by Crippen LogP contribution is 2.28. The molecule has 2 aliphatic rings. The molecular weight excluding hydrogens is 602 g/mol. The van der Waals surface area contributed by atoms with Crippen molar-refractivity contribution in [3.8, 4) is 0 Å². The Morgan fingerprint density at radius 3 is 1.37 bits per heavy atom. The van der Waals surface area contributed by atoms with Crippen LogP contribution in [0.4, 0.5) is 20.2 Å². The van der Waals surface area contributed by atoms with Crippen LogP contribution in [0, 0.1) is 11.6 Å². The molecule has 0 saturated carbocycles. The number of unbranched alkanes of at least 4 members (excludes halogenated alkanes) is 1. The van der Waals surface area contributed by atoms with E-state index in [4.69, 9.17) is 0 Å². The maximum absolute atomic E-state index is 15.2. The van der Waals surface area contributed by atoms with E-state index in [1.165, 1.54) is 12.4 Å². The zero-order chi connectivity index (χ0) is 32.5. The van der Waals surface area contributed by atoms with Crippen LogP contribution in [-0.4, -0.2) is 83.6 Å². The van der Waals surface area contributed by atoms with E-state index in [9.17, 15) is 29.4 Å². The Kier molecular flexibility index (Phi) is 8.73. The lowest BCUT2D eigenvalue weighted by atomic mass is 10.1. The minimum absolute atomic E-state index is 0.0312. The molecule has 4 heterocycles. The van der Waals surface area contributed by atoms with Crippen LogP contribution in [-0.2, 0) is 13.1 Å². The summed E-state index contributed by atoms with van der Waals surface area (Å²) < 4.78 is 33.7. The van der Waals surface area contributed by atoms with Gasteiger partial charge in [-0.15, -0.1) is 0 Å². The van der Waals surface area contributed by atoms with E-state index in [0.717, 1.165) is 12.1 Å². The maximum atomic E-state index is 15.2. The van der Waals surface area contributed by atoms with Crippen molar-refractivity contribution in [2.24, 2.45) is 0 Å². The molecule has 0 radical (unpaired) electrons. The lowest BCUT2D eigenvalue weighted by Crippen LogP contribution is -2.43. The van der Waals surface area contributed by atoms with Crippen LogP contribution in [0.5, 0.6) is 0 Å². The Bertz CT molecular complexity index is 1820. The average molecular weight is 637 g/mol. The Morgan fingerprint density at radius 2 is 1.02 bits per heavy atom. The molecule has 12 nitrogen and oxygen atoms in total. The van der Waals surface area contributed by atoms with Crippen LogP contribution < -0.4 is 31.3 Å². The molecular formula is C32H34F2N6O6. The highest BCUT2D eigenvalue weighted by molar-refractivity contribution is 5.94. The monoisotopic (exact) mass is 636 g/mol. The quantitative estimate of drug-likeness (QED) is 0.202. The lowest BCUT2D eigenvalue weighted by Gasteiger charge is -2.30. The zero-order valence-corrected chi connectivity index (χ0v) is 25.0. The number of aromatic nitrogens is 2. The van der Waals surface area contributed by atoms with Gasteiger partial charge in [0, 0.05) is 88.6 Å². The fourth-order valence-corrected chi connectivity index (χ4v) is 6.33. The van der Waals surface area contributed by atoms with Gasteiger partial charge in [0.05, 0.1) is 22.4 Å². The number of piperazine rings is 2. The number of carboxylic acids is 2. The number of hydrogen-bond donors (Lipinski definition) is 4. The van der Waals surface area contributed by atoms with Crippen molar-refractivity contribution in [3.63, 3.8) is 0 Å². The number of halogens is 2. The number of carbonyl (C=O) groups is 2. The predicted molar refractivity (Wildman–Crippen MR) is 170 cm³/mol. The van der Waals surface area contributed by atoms with Crippen molar-refractivity contribution in [3.05, 3.63) is 79.9 Å². The standard InChI is InChI=1S/C32H34F2N6O6/c33-23-13-19-25(15-27(23)37-9-3-35-4-10-37)39(17-21(29(19)41)31(43)44)7-1-2-8-40-18-22(32(45)46)30(42)20-14-24(34)28(16-26(20)40)38-11-5-36-6-12-38/h13-18,35-36H,1-12H2,(H,43,44)(H,45,46). The van der Waals surface area contributed by atoms with Crippen LogP contribution in [0.1, 0.15) is 33.6 Å². The van der Waals surface area contributed by atoms with Gasteiger partial charge in [-0.25, -0.2) is 18.4 Å². The summed E-state index contributed by atoms with van der Waals surface area (Å²) >= 11 is 0. The first-order valence-corrected chi connectivity index (χ1v) is 15.3. The third-order valence-corrected chi connectivity index (χ3v) is 8.72. The molecule has 4 aromatic rings. The molecule has 14 heteroatoms. The van der Waals surface area contributed by atoms with E-state index >= 15 is 8.78 Å². The Morgan fingerprint density at radius 1 is 0.652 bits per heavy atom. The van der Waals surface area contributed by atoms with Gasteiger partial charge < -0.3 is 39.8 Å². The molecule has 0 amide bonds. The minimum atomic E-state index is -1.42. The number of hydrogen-bond acceptors (Lipinski definition) is 8. The van der Waals surface area contributed by atoms with Gasteiger partial charge in [0.1, 0.15) is 22.8 Å². The summed E-state index contributed by atoms with van der Waals surface area (Å²) in [5, 5.41) is 25.8. The molecule has 0 spiro atoms. The van der Waals surface area contributed by atoms with E-state index in [-0.39, 0.29) is 23.9 Å². The molecule has 4 N–H and O–H groups in total. The number of carboxylic acid groups (broad SMARTS) is 2. The average Bonchev–Trinajstić information content (AvgIpc) is 3.05. The predicted octanol–water partition coefficient (Wildman–Crippen LogP) is 2.29. The number of nitrogens with zero attached hydrogens (tertiary/aromatic N) is 4. The second-order valence-corrected chi connectivity index (χ2v) is 11.6. The van der Waals surface area contributed by atoms with Crippen LogP contribution in [0.15, 0.2) is 46.2 Å². The van der Waals surface area contributed by atoms with Gasteiger partial charge in [0.25, 0.3) is 0 Å². The first kappa shape index (κ1) is 31.2. The number of aromatic carboxylic acids is 2. The third-order valence-electron chi connectivity index (χ3n) is 8.72. The Labute approximate surface area is 261 Å². The number of benzene rings is 2. The largest absolute Gasteiger partial charge is 0.477 e. The summed E-state index contributed by atoms with van der Waals surface area (Å²) in [6.07, 6.45) is 3.46. The molecule has 6 rings (SSSR count). The van der Waals surface area contributed by atoms with Crippen molar-refractivity contribution < 1.29 is 28.6 Å². The molecule has 2 aromatic heterocycles. The second-order valence-electron chi connectivity index (χ2n) is 11.6. The molecule has 2 fully saturated rings. The number of pyridine rings is 2. The fourth-order valence-electron chi connectivity index (χ4n) is 6.33. The lowest BCUT2D eigenvalue weighted by molar-refractivity contribution is 0.0684. The fraction of sp³-hybridized carbons (Fsp3) is 0.375. The van der Waals surface area contributed by atoms with Crippen molar-refractivity contribution in [1.82, 2.24) is 19.8 Å². The van der Waals surface area contributed by atoms with E-state index in [2.05, 4.69) is 10.6 Å². The first-order chi connectivity index (χ1) is 22.1. The molecule has 46 heavy (non-hydrogen) atoms. The van der Waals surface area contributed by atoms with Crippen LogP contribution >= 0.6 is 0 Å². The molecule has 0 bridgehead atoms. The van der Waals surface area contributed by atoms with Gasteiger partial charge in [-0.05, 0) is 37.1 Å². The molecule has 2 saturated heterocycles. The number of anilines is 2. The van der Waals surface area contributed by atoms with Gasteiger partial charge in [-0.3, -0.25) is 9.59 Å². The van der Waals surface area contributed by atoms with E-state index in [1.54, 1.807) is 21.3 Å². The highest BCUT2D eigenvalue weighted by atomic mass is 19.1. The SMILES string of the molecule is O=C(O)c1cn(CCCCn2cc(C(=O)O)c(=O)c3cc(F)c(N4CCNCC4)cc32)c2cc(N3CCNCC3)c(F)cc2c1=O. The number of fused-ring (bicyclic) bond motifs is 2. The van der Waals surface area contributed by atoms with Crippen molar-refractivity contribution >= 4 is 45.1 Å². The van der Waals surface area contributed by atoms with Crippen molar-refractivity contribution in [1.29, 1.82) is 0 Å². The summed E-state index contributed by atoms with van der Waals surface area (Å²) in [6.45, 7) is 5.55. The molecule has 0 atom stereocenters. The van der Waals surface area contributed by atoms with E-state index < -0.39 is 45.6 Å². The number of aryl methyl sites for hydroxylation is 2. The molecule has 242 valence electrons. The zero-order valence-electron chi connectivity index (χ0n) is 25.0. The topological polar surface area (TPSA) is 149 Å². The molecule has 2 aliphatic heterocycles. The van der Waals surface area contributed by atoms with Crippen LogP contribution in [0.2, 0.25) is 0 Å². The highest BCUT2D eigenvalue weighted by Gasteiger charge is 2.22. The Hall–Kier alpha value is -4.82. The minimum Gasteiger partial charge on any atom is -0.477 e. The maximum Gasteiger partial charge on any atom is 0.341 e. The second kappa shape index (κ2) is 12.9. The molecule has 0 aliphatic carbocycles.